The van der Waals surface area contributed by atoms with Crippen LogP contribution >= 0.6 is 0 Å². The molecule has 1 aliphatic carbocycles. The normalized spacial score (nSPS) is 23.8. The Morgan fingerprint density at radius 3 is 2.37 bits per heavy atom. The molecule has 1 unspecified atom stereocenters. The Morgan fingerprint density at radius 1 is 0.947 bits per heavy atom. The van der Waals surface area contributed by atoms with Crippen LogP contribution in [0.15, 0.2) is 4.99 Å². The molecule has 0 spiro atoms. The largest absolute Gasteiger partial charge is 0.374 e. The van der Waals surface area contributed by atoms with Gasteiger partial charge in [0.15, 0.2) is 0 Å². The monoisotopic (exact) mass is 256 g/mol. The van der Waals surface area contributed by atoms with E-state index in [1.165, 1.54) is 52.9 Å². The summed E-state index contributed by atoms with van der Waals surface area (Å²) in [6, 6.07) is 0.397. The van der Waals surface area contributed by atoms with Crippen LogP contribution in [0, 0.1) is 27.7 Å². The number of hydrogen-bond acceptors (Lipinski definition) is 1. The molecule has 1 heterocycles. The molecule has 1 saturated heterocycles. The number of nitrogens with zero attached hydrogens (tertiary/aromatic N) is 1. The molecule has 1 aliphatic heterocycles. The zero-order chi connectivity index (χ0) is 13.6. The van der Waals surface area contributed by atoms with Gasteiger partial charge in [-0.3, -0.25) is 4.99 Å². The number of aliphatic imine (C=N–C) groups is 1. The minimum Gasteiger partial charge on any atom is -0.374 e. The highest BCUT2D eigenvalue weighted by molar-refractivity contribution is 5.84. The standard InChI is InChI=1S/C17H24N2/c1-10-11(2)13(4)17-14(12(10)3)7-8-15(17)19-16-6-5-9-18-16/h15H,5-9H2,1-4H3,(H,18,19). The fourth-order valence-electron chi connectivity index (χ4n) is 3.62. The first kappa shape index (κ1) is 12.7. The predicted octanol–water partition coefficient (Wildman–Crippen LogP) is 3.69. The number of nitrogens with one attached hydrogen (secondary N) is 1. The number of hydrogen-bond donors (Lipinski definition) is 1. The molecule has 2 nitrogen and oxygen atoms in total. The maximum atomic E-state index is 4.99. The lowest BCUT2D eigenvalue weighted by Gasteiger charge is -2.18. The summed E-state index contributed by atoms with van der Waals surface area (Å²) in [6.45, 7) is 10.2. The van der Waals surface area contributed by atoms with Gasteiger partial charge in [-0.05, 0) is 80.3 Å². The Kier molecular flexibility index (Phi) is 3.12. The first-order valence-corrected chi connectivity index (χ1v) is 7.49. The summed E-state index contributed by atoms with van der Waals surface area (Å²) in [7, 11) is 0. The molecule has 1 atom stereocenters. The van der Waals surface area contributed by atoms with Crippen LogP contribution in [-0.2, 0) is 6.42 Å². The van der Waals surface area contributed by atoms with Crippen molar-refractivity contribution in [1.29, 1.82) is 0 Å². The van der Waals surface area contributed by atoms with E-state index in [2.05, 4.69) is 33.0 Å². The average Bonchev–Trinajstić information content (AvgIpc) is 3.04. The van der Waals surface area contributed by atoms with Crippen LogP contribution in [0.5, 0.6) is 0 Å². The Hall–Kier alpha value is -1.31. The van der Waals surface area contributed by atoms with E-state index in [1.807, 2.05) is 0 Å². The van der Waals surface area contributed by atoms with Crippen molar-refractivity contribution in [3.8, 4) is 0 Å². The third-order valence-corrected chi connectivity index (χ3v) is 5.10. The lowest BCUT2D eigenvalue weighted by molar-refractivity contribution is 0.707. The zero-order valence-corrected chi connectivity index (χ0v) is 12.6. The van der Waals surface area contributed by atoms with Gasteiger partial charge in [-0.1, -0.05) is 0 Å². The van der Waals surface area contributed by atoms with E-state index >= 15 is 0 Å². The van der Waals surface area contributed by atoms with Gasteiger partial charge in [0.1, 0.15) is 0 Å². The lowest BCUT2D eigenvalue weighted by Crippen LogP contribution is -2.15. The highest BCUT2D eigenvalue weighted by Gasteiger charge is 2.28. The van der Waals surface area contributed by atoms with E-state index in [-0.39, 0.29) is 0 Å². The topological polar surface area (TPSA) is 24.4 Å². The third kappa shape index (κ3) is 1.98. The van der Waals surface area contributed by atoms with Crippen LogP contribution in [0.25, 0.3) is 0 Å². The quantitative estimate of drug-likeness (QED) is 0.814. The van der Waals surface area contributed by atoms with Crippen LogP contribution < -0.4 is 5.32 Å². The summed E-state index contributed by atoms with van der Waals surface area (Å²) >= 11 is 0. The van der Waals surface area contributed by atoms with Gasteiger partial charge in [0.05, 0.1) is 11.9 Å². The van der Waals surface area contributed by atoms with Gasteiger partial charge >= 0.3 is 0 Å². The zero-order valence-electron chi connectivity index (χ0n) is 12.6. The average molecular weight is 256 g/mol. The molecule has 2 heteroatoms. The predicted molar refractivity (Wildman–Crippen MR) is 81.1 cm³/mol. The molecule has 1 aromatic carbocycles. The van der Waals surface area contributed by atoms with Crippen molar-refractivity contribution in [2.75, 3.05) is 6.54 Å². The van der Waals surface area contributed by atoms with Crippen molar-refractivity contribution in [1.82, 2.24) is 5.32 Å². The number of rotatable bonds is 1. The maximum absolute atomic E-state index is 4.99. The van der Waals surface area contributed by atoms with Crippen LogP contribution in [0.1, 0.15) is 58.7 Å². The molecule has 2 aliphatic rings. The van der Waals surface area contributed by atoms with Gasteiger partial charge in [0.2, 0.25) is 0 Å². The number of benzene rings is 1. The van der Waals surface area contributed by atoms with Gasteiger partial charge in [0, 0.05) is 13.0 Å². The molecule has 0 amide bonds. The molecule has 0 aromatic heterocycles. The summed E-state index contributed by atoms with van der Waals surface area (Å²) in [4.78, 5) is 4.99. The molecule has 0 saturated carbocycles. The van der Waals surface area contributed by atoms with Crippen molar-refractivity contribution in [2.24, 2.45) is 4.99 Å². The fourth-order valence-corrected chi connectivity index (χ4v) is 3.62. The van der Waals surface area contributed by atoms with Crippen LogP contribution in [0.3, 0.4) is 0 Å². The van der Waals surface area contributed by atoms with Crippen LogP contribution in [0.2, 0.25) is 0 Å². The first-order chi connectivity index (χ1) is 9.09. The summed E-state index contributed by atoms with van der Waals surface area (Å²) in [5, 5.41) is 3.42. The Balaban J connectivity index is 2.07. The minimum absolute atomic E-state index is 0.397. The minimum atomic E-state index is 0.397. The SMILES string of the molecule is Cc1c(C)c(C)c2c(c1C)CCC2/N=C1/CCCN1. The molecule has 3 rings (SSSR count). The molecule has 1 aromatic rings. The first-order valence-electron chi connectivity index (χ1n) is 7.49. The highest BCUT2D eigenvalue weighted by Crippen LogP contribution is 2.41. The molecule has 0 radical (unpaired) electrons. The molecular formula is C17H24N2. The second-order valence-electron chi connectivity index (χ2n) is 6.05. The molecule has 0 bridgehead atoms. The van der Waals surface area contributed by atoms with Crippen LogP contribution in [0.4, 0.5) is 0 Å². The van der Waals surface area contributed by atoms with Crippen molar-refractivity contribution < 1.29 is 0 Å². The molecule has 102 valence electrons. The summed E-state index contributed by atoms with van der Waals surface area (Å²) < 4.78 is 0. The molecule has 19 heavy (non-hydrogen) atoms. The number of fused-ring (bicyclic) bond motifs is 1. The number of amidine groups is 1. The van der Waals surface area contributed by atoms with E-state index in [0.717, 1.165) is 13.0 Å². The van der Waals surface area contributed by atoms with Gasteiger partial charge in [-0.25, -0.2) is 0 Å². The van der Waals surface area contributed by atoms with Crippen molar-refractivity contribution in [3.05, 3.63) is 33.4 Å². The maximum Gasteiger partial charge on any atom is 0.0971 e. The Bertz CT molecular complexity index is 547. The van der Waals surface area contributed by atoms with Gasteiger partial charge in [-0.15, -0.1) is 0 Å². The fraction of sp³-hybridized carbons (Fsp3) is 0.588. The summed E-state index contributed by atoms with van der Waals surface area (Å²) in [5.74, 6) is 1.23. The van der Waals surface area contributed by atoms with E-state index in [1.54, 1.807) is 5.56 Å². The van der Waals surface area contributed by atoms with Gasteiger partial charge < -0.3 is 5.32 Å². The van der Waals surface area contributed by atoms with Crippen molar-refractivity contribution in [3.63, 3.8) is 0 Å². The van der Waals surface area contributed by atoms with Gasteiger partial charge in [-0.2, -0.15) is 0 Å². The van der Waals surface area contributed by atoms with E-state index in [4.69, 9.17) is 4.99 Å². The van der Waals surface area contributed by atoms with Crippen LogP contribution in [-0.4, -0.2) is 12.4 Å². The molecule has 1 N–H and O–H groups in total. The van der Waals surface area contributed by atoms with E-state index in [0.29, 0.717) is 6.04 Å². The van der Waals surface area contributed by atoms with E-state index in [9.17, 15) is 0 Å². The van der Waals surface area contributed by atoms with Crippen molar-refractivity contribution >= 4 is 5.84 Å². The Labute approximate surface area is 116 Å². The lowest BCUT2D eigenvalue weighted by atomic mass is 9.89. The van der Waals surface area contributed by atoms with Crippen molar-refractivity contribution in [2.45, 2.75) is 59.4 Å². The van der Waals surface area contributed by atoms with Gasteiger partial charge in [0.25, 0.3) is 0 Å². The summed E-state index contributed by atoms with van der Waals surface area (Å²) in [6.07, 6.45) is 4.76. The molecule has 1 fully saturated rings. The summed E-state index contributed by atoms with van der Waals surface area (Å²) in [5.41, 5.74) is 9.02. The highest BCUT2D eigenvalue weighted by atomic mass is 15.0. The second-order valence-corrected chi connectivity index (χ2v) is 6.05. The molecular weight excluding hydrogens is 232 g/mol. The Morgan fingerprint density at radius 2 is 1.68 bits per heavy atom. The second kappa shape index (κ2) is 4.66. The smallest absolute Gasteiger partial charge is 0.0971 e. The van der Waals surface area contributed by atoms with E-state index < -0.39 is 0 Å². The third-order valence-electron chi connectivity index (χ3n) is 5.10.